The highest BCUT2D eigenvalue weighted by atomic mass is 16.5. The fourth-order valence-electron chi connectivity index (χ4n) is 2.20. The van der Waals surface area contributed by atoms with Gasteiger partial charge in [-0.3, -0.25) is 4.79 Å². The summed E-state index contributed by atoms with van der Waals surface area (Å²) < 4.78 is 5.45. The van der Waals surface area contributed by atoms with Crippen LogP contribution in [0.1, 0.15) is 28.7 Å². The third-order valence-electron chi connectivity index (χ3n) is 3.19. The predicted molar refractivity (Wildman–Crippen MR) is 75.7 cm³/mol. The SMILES string of the molecule is COC(c1ccccc1)c1nc(C)c(CCO)c(=O)[nH]1. The second-order valence-electron chi connectivity index (χ2n) is 4.52. The van der Waals surface area contributed by atoms with Crippen molar-refractivity contribution in [1.82, 2.24) is 9.97 Å². The molecule has 1 atom stereocenters. The first-order valence-corrected chi connectivity index (χ1v) is 6.45. The lowest BCUT2D eigenvalue weighted by Crippen LogP contribution is -2.22. The van der Waals surface area contributed by atoms with E-state index in [0.717, 1.165) is 5.56 Å². The van der Waals surface area contributed by atoms with E-state index in [0.29, 0.717) is 23.5 Å². The molecule has 0 aliphatic heterocycles. The molecule has 1 heterocycles. The van der Waals surface area contributed by atoms with Gasteiger partial charge in [0.05, 0.1) is 0 Å². The Hall–Kier alpha value is -1.98. The van der Waals surface area contributed by atoms with Gasteiger partial charge in [0, 0.05) is 31.4 Å². The van der Waals surface area contributed by atoms with Crippen molar-refractivity contribution in [3.05, 3.63) is 63.3 Å². The van der Waals surface area contributed by atoms with Crippen LogP contribution in [0, 0.1) is 6.92 Å². The molecule has 1 unspecified atom stereocenters. The molecule has 20 heavy (non-hydrogen) atoms. The van der Waals surface area contributed by atoms with Crippen molar-refractivity contribution < 1.29 is 9.84 Å². The Morgan fingerprint density at radius 1 is 1.35 bits per heavy atom. The van der Waals surface area contributed by atoms with E-state index in [1.807, 2.05) is 30.3 Å². The van der Waals surface area contributed by atoms with Crippen LogP contribution in [0.2, 0.25) is 0 Å². The van der Waals surface area contributed by atoms with Gasteiger partial charge in [0.25, 0.3) is 5.56 Å². The highest BCUT2D eigenvalue weighted by Crippen LogP contribution is 2.21. The summed E-state index contributed by atoms with van der Waals surface area (Å²) in [6.45, 7) is 1.69. The molecule has 0 aliphatic carbocycles. The molecule has 1 aromatic carbocycles. The molecule has 0 aliphatic rings. The molecule has 0 saturated heterocycles. The number of hydrogen-bond donors (Lipinski definition) is 2. The number of aliphatic hydroxyl groups excluding tert-OH is 1. The average Bonchev–Trinajstić information content (AvgIpc) is 2.45. The zero-order chi connectivity index (χ0) is 14.5. The van der Waals surface area contributed by atoms with Crippen LogP contribution in [-0.4, -0.2) is 28.8 Å². The molecule has 2 N–H and O–H groups in total. The summed E-state index contributed by atoms with van der Waals surface area (Å²) in [6, 6.07) is 9.58. The minimum atomic E-state index is -0.411. The van der Waals surface area contributed by atoms with Crippen LogP contribution in [-0.2, 0) is 11.2 Å². The second kappa shape index (κ2) is 6.45. The Kier molecular flexibility index (Phi) is 4.65. The normalized spacial score (nSPS) is 12.3. The van der Waals surface area contributed by atoms with Crippen molar-refractivity contribution in [3.8, 4) is 0 Å². The third-order valence-corrected chi connectivity index (χ3v) is 3.19. The van der Waals surface area contributed by atoms with E-state index >= 15 is 0 Å². The summed E-state index contributed by atoms with van der Waals surface area (Å²) >= 11 is 0. The zero-order valence-corrected chi connectivity index (χ0v) is 11.6. The number of aryl methyl sites for hydroxylation is 1. The van der Waals surface area contributed by atoms with Gasteiger partial charge in [0.2, 0.25) is 0 Å². The molecule has 0 spiro atoms. The van der Waals surface area contributed by atoms with Gasteiger partial charge in [0.1, 0.15) is 11.9 Å². The van der Waals surface area contributed by atoms with Crippen molar-refractivity contribution in [2.75, 3.05) is 13.7 Å². The van der Waals surface area contributed by atoms with Gasteiger partial charge in [-0.1, -0.05) is 30.3 Å². The first kappa shape index (κ1) is 14.4. The first-order chi connectivity index (χ1) is 9.67. The third kappa shape index (κ3) is 2.95. The average molecular weight is 274 g/mol. The van der Waals surface area contributed by atoms with Crippen molar-refractivity contribution in [2.24, 2.45) is 0 Å². The van der Waals surface area contributed by atoms with Crippen molar-refractivity contribution in [2.45, 2.75) is 19.4 Å². The first-order valence-electron chi connectivity index (χ1n) is 6.45. The molecule has 106 valence electrons. The van der Waals surface area contributed by atoms with Gasteiger partial charge in [0.15, 0.2) is 0 Å². The summed E-state index contributed by atoms with van der Waals surface area (Å²) in [5.41, 5.74) is 1.84. The van der Waals surface area contributed by atoms with E-state index < -0.39 is 6.10 Å². The minimum Gasteiger partial charge on any atom is -0.396 e. The predicted octanol–water partition coefficient (Wildman–Crippen LogP) is 1.35. The maximum Gasteiger partial charge on any atom is 0.254 e. The summed E-state index contributed by atoms with van der Waals surface area (Å²) in [5.74, 6) is 0.475. The van der Waals surface area contributed by atoms with Gasteiger partial charge in [-0.2, -0.15) is 0 Å². The maximum absolute atomic E-state index is 12.0. The number of aromatic amines is 1. The van der Waals surface area contributed by atoms with Crippen molar-refractivity contribution in [3.63, 3.8) is 0 Å². The molecule has 5 nitrogen and oxygen atoms in total. The summed E-state index contributed by atoms with van der Waals surface area (Å²) in [6.07, 6.45) is -0.108. The quantitative estimate of drug-likeness (QED) is 0.863. The molecule has 0 fully saturated rings. The number of benzene rings is 1. The standard InChI is InChI=1S/C15H18N2O3/c1-10-12(8-9-18)15(19)17-14(16-10)13(20-2)11-6-4-3-5-7-11/h3-7,13,18H,8-9H2,1-2H3,(H,16,17,19). The Bertz CT molecular complexity index is 623. The van der Waals surface area contributed by atoms with Gasteiger partial charge >= 0.3 is 0 Å². The number of methoxy groups -OCH3 is 1. The number of H-pyrrole nitrogens is 1. The van der Waals surface area contributed by atoms with Crippen LogP contribution < -0.4 is 5.56 Å². The van der Waals surface area contributed by atoms with Gasteiger partial charge in [-0.25, -0.2) is 4.98 Å². The van der Waals surface area contributed by atoms with Gasteiger partial charge < -0.3 is 14.8 Å². The van der Waals surface area contributed by atoms with Crippen molar-refractivity contribution in [1.29, 1.82) is 0 Å². The maximum atomic E-state index is 12.0. The van der Waals surface area contributed by atoms with E-state index in [1.165, 1.54) is 0 Å². The topological polar surface area (TPSA) is 75.2 Å². The van der Waals surface area contributed by atoms with Gasteiger partial charge in [-0.15, -0.1) is 0 Å². The van der Waals surface area contributed by atoms with Crippen LogP contribution in [0.15, 0.2) is 35.1 Å². The zero-order valence-electron chi connectivity index (χ0n) is 11.6. The summed E-state index contributed by atoms with van der Waals surface area (Å²) in [5, 5.41) is 8.97. The van der Waals surface area contributed by atoms with Crippen LogP contribution in [0.5, 0.6) is 0 Å². The fourth-order valence-corrected chi connectivity index (χ4v) is 2.20. The van der Waals surface area contributed by atoms with Crippen LogP contribution in [0.25, 0.3) is 0 Å². The molecule has 0 saturated carbocycles. The molecule has 2 rings (SSSR count). The molecule has 1 aromatic heterocycles. The number of aromatic nitrogens is 2. The fraction of sp³-hybridized carbons (Fsp3) is 0.333. The van der Waals surface area contributed by atoms with E-state index in [2.05, 4.69) is 9.97 Å². The van der Waals surface area contributed by atoms with E-state index in [-0.39, 0.29) is 12.2 Å². The van der Waals surface area contributed by atoms with Crippen LogP contribution >= 0.6 is 0 Å². The largest absolute Gasteiger partial charge is 0.396 e. The van der Waals surface area contributed by atoms with E-state index in [1.54, 1.807) is 14.0 Å². The molecular weight excluding hydrogens is 256 g/mol. The van der Waals surface area contributed by atoms with Gasteiger partial charge in [-0.05, 0) is 12.5 Å². The molecular formula is C15H18N2O3. The van der Waals surface area contributed by atoms with Crippen LogP contribution in [0.4, 0.5) is 0 Å². The molecule has 0 amide bonds. The monoisotopic (exact) mass is 274 g/mol. The lowest BCUT2D eigenvalue weighted by Gasteiger charge is -2.16. The lowest BCUT2D eigenvalue weighted by molar-refractivity contribution is 0.128. The smallest absolute Gasteiger partial charge is 0.254 e. The second-order valence-corrected chi connectivity index (χ2v) is 4.52. The molecule has 2 aromatic rings. The Balaban J connectivity index is 2.44. The number of rotatable bonds is 5. The highest BCUT2D eigenvalue weighted by molar-refractivity contribution is 5.25. The number of nitrogens with zero attached hydrogens (tertiary/aromatic N) is 1. The van der Waals surface area contributed by atoms with E-state index in [4.69, 9.17) is 9.84 Å². The van der Waals surface area contributed by atoms with Crippen molar-refractivity contribution >= 4 is 0 Å². The Morgan fingerprint density at radius 3 is 2.60 bits per heavy atom. The Labute approximate surface area is 117 Å². The van der Waals surface area contributed by atoms with E-state index in [9.17, 15) is 4.79 Å². The Morgan fingerprint density at radius 2 is 2.05 bits per heavy atom. The number of ether oxygens (including phenoxy) is 1. The highest BCUT2D eigenvalue weighted by Gasteiger charge is 2.18. The molecule has 0 radical (unpaired) electrons. The minimum absolute atomic E-state index is 0.0721. The lowest BCUT2D eigenvalue weighted by atomic mass is 10.1. The van der Waals surface area contributed by atoms with Crippen LogP contribution in [0.3, 0.4) is 0 Å². The summed E-state index contributed by atoms with van der Waals surface area (Å²) in [4.78, 5) is 19.2. The molecule has 0 bridgehead atoms. The molecule has 5 heteroatoms. The summed E-state index contributed by atoms with van der Waals surface area (Å²) in [7, 11) is 1.58. The number of nitrogens with one attached hydrogen (secondary N) is 1. The number of aliphatic hydroxyl groups is 1. The number of hydrogen-bond acceptors (Lipinski definition) is 4.